The summed E-state index contributed by atoms with van der Waals surface area (Å²) in [5, 5.41) is 20.3. The Morgan fingerprint density at radius 2 is 2.10 bits per heavy atom. The monoisotopic (exact) mass is 147 g/mol. The van der Waals surface area contributed by atoms with Gasteiger partial charge in [0.1, 0.15) is 0 Å². The van der Waals surface area contributed by atoms with Gasteiger partial charge in [-0.3, -0.25) is 5.32 Å². The highest BCUT2D eigenvalue weighted by molar-refractivity contribution is 4.64. The van der Waals surface area contributed by atoms with Gasteiger partial charge in [0.15, 0.2) is 0 Å². The van der Waals surface area contributed by atoms with Gasteiger partial charge in [-0.05, 0) is 5.92 Å². The molecule has 0 spiro atoms. The van der Waals surface area contributed by atoms with Crippen LogP contribution >= 0.6 is 0 Å². The molecule has 0 radical (unpaired) electrons. The molecule has 3 nitrogen and oxygen atoms in total. The van der Waals surface area contributed by atoms with Gasteiger partial charge in [0.25, 0.3) is 0 Å². The van der Waals surface area contributed by atoms with Crippen LogP contribution in [0.15, 0.2) is 0 Å². The van der Waals surface area contributed by atoms with Crippen LogP contribution in [0.2, 0.25) is 0 Å². The molecule has 2 unspecified atom stereocenters. The van der Waals surface area contributed by atoms with Crippen molar-refractivity contribution in [3.05, 3.63) is 0 Å². The van der Waals surface area contributed by atoms with Crippen LogP contribution in [0.1, 0.15) is 20.3 Å². The lowest BCUT2D eigenvalue weighted by atomic mass is 10.0. The van der Waals surface area contributed by atoms with Crippen LogP contribution in [0.25, 0.3) is 0 Å². The fraction of sp³-hybridized carbons (Fsp3) is 1.00. The summed E-state index contributed by atoms with van der Waals surface area (Å²) in [4.78, 5) is 0. The predicted molar refractivity (Wildman–Crippen MR) is 40.6 cm³/mol. The molecule has 10 heavy (non-hydrogen) atoms. The summed E-state index contributed by atoms with van der Waals surface area (Å²) in [6, 6.07) is 0. The van der Waals surface area contributed by atoms with Gasteiger partial charge >= 0.3 is 0 Å². The maximum absolute atomic E-state index is 9.28. The van der Waals surface area contributed by atoms with Crippen molar-refractivity contribution in [3.63, 3.8) is 0 Å². The first-order chi connectivity index (χ1) is 4.72. The van der Waals surface area contributed by atoms with Crippen molar-refractivity contribution in [2.45, 2.75) is 26.4 Å². The summed E-state index contributed by atoms with van der Waals surface area (Å²) in [7, 11) is 0. The van der Waals surface area contributed by atoms with E-state index in [9.17, 15) is 5.11 Å². The van der Waals surface area contributed by atoms with Crippen LogP contribution in [0.3, 0.4) is 0 Å². The highest BCUT2D eigenvalue weighted by Gasteiger charge is 2.10. The average Bonchev–Trinajstić information content (AvgIpc) is 1.98. The number of nitrogens with one attached hydrogen (secondary N) is 1. The van der Waals surface area contributed by atoms with Crippen LogP contribution < -0.4 is 5.32 Å². The third-order valence-electron chi connectivity index (χ3n) is 1.77. The molecule has 0 aromatic carbocycles. The van der Waals surface area contributed by atoms with Crippen molar-refractivity contribution in [1.29, 1.82) is 0 Å². The van der Waals surface area contributed by atoms with Crippen molar-refractivity contribution < 1.29 is 10.2 Å². The predicted octanol–water partition coefficient (Wildman–Crippen LogP) is -0.0672. The van der Waals surface area contributed by atoms with Gasteiger partial charge < -0.3 is 10.2 Å². The van der Waals surface area contributed by atoms with Crippen LogP contribution in [-0.2, 0) is 0 Å². The molecule has 0 bridgehead atoms. The molecule has 0 aromatic rings. The molecular weight excluding hydrogens is 130 g/mol. The Bertz CT molecular complexity index is 78.0. The standard InChI is InChI=1S/C7H17NO2/c1-3-6(2)7(10)4-8-5-9/h6-10H,3-5H2,1-2H3. The van der Waals surface area contributed by atoms with Crippen LogP contribution in [-0.4, -0.2) is 29.6 Å². The Hall–Kier alpha value is -0.120. The molecule has 0 aliphatic rings. The molecule has 62 valence electrons. The number of hydrogen-bond acceptors (Lipinski definition) is 3. The van der Waals surface area contributed by atoms with Gasteiger partial charge in [0.05, 0.1) is 12.8 Å². The molecule has 0 heterocycles. The molecule has 3 heteroatoms. The summed E-state index contributed by atoms with van der Waals surface area (Å²) in [6.07, 6.45) is 0.631. The van der Waals surface area contributed by atoms with Crippen LogP contribution in [0, 0.1) is 5.92 Å². The van der Waals surface area contributed by atoms with Gasteiger partial charge in [-0.25, -0.2) is 0 Å². The fourth-order valence-electron chi connectivity index (χ4n) is 0.686. The topological polar surface area (TPSA) is 52.5 Å². The van der Waals surface area contributed by atoms with Crippen molar-refractivity contribution >= 4 is 0 Å². The molecule has 3 N–H and O–H groups in total. The highest BCUT2D eigenvalue weighted by atomic mass is 16.3. The molecule has 0 rings (SSSR count). The van der Waals surface area contributed by atoms with E-state index in [0.29, 0.717) is 12.5 Å². The molecule has 0 fully saturated rings. The van der Waals surface area contributed by atoms with Crippen LogP contribution in [0.5, 0.6) is 0 Å². The second-order valence-electron chi connectivity index (χ2n) is 2.57. The van der Waals surface area contributed by atoms with E-state index in [2.05, 4.69) is 5.32 Å². The largest absolute Gasteiger partial charge is 0.392 e. The summed E-state index contributed by atoms with van der Waals surface area (Å²) >= 11 is 0. The van der Waals surface area contributed by atoms with Crippen molar-refractivity contribution in [3.8, 4) is 0 Å². The smallest absolute Gasteiger partial charge is 0.0932 e. The summed E-state index contributed by atoms with van der Waals surface area (Å²) in [5.41, 5.74) is 0. The van der Waals surface area contributed by atoms with E-state index < -0.39 is 0 Å². The lowest BCUT2D eigenvalue weighted by Gasteiger charge is -2.16. The third-order valence-corrected chi connectivity index (χ3v) is 1.77. The lowest BCUT2D eigenvalue weighted by Crippen LogP contribution is -2.31. The van der Waals surface area contributed by atoms with Crippen molar-refractivity contribution in [1.82, 2.24) is 5.32 Å². The lowest BCUT2D eigenvalue weighted by molar-refractivity contribution is 0.103. The summed E-state index contributed by atoms with van der Waals surface area (Å²) in [5.74, 6) is 0.305. The van der Waals surface area contributed by atoms with Crippen LogP contribution in [0.4, 0.5) is 0 Å². The second kappa shape index (κ2) is 5.65. The normalized spacial score (nSPS) is 16.8. The Kier molecular flexibility index (Phi) is 5.58. The van der Waals surface area contributed by atoms with E-state index in [1.807, 2.05) is 13.8 Å². The van der Waals surface area contributed by atoms with Crippen molar-refractivity contribution in [2.75, 3.05) is 13.3 Å². The van der Waals surface area contributed by atoms with E-state index in [1.54, 1.807) is 0 Å². The third kappa shape index (κ3) is 3.82. The van der Waals surface area contributed by atoms with E-state index in [4.69, 9.17) is 5.11 Å². The number of aliphatic hydroxyl groups excluding tert-OH is 2. The highest BCUT2D eigenvalue weighted by Crippen LogP contribution is 2.05. The zero-order valence-electron chi connectivity index (χ0n) is 6.67. The Balaban J connectivity index is 3.31. The minimum absolute atomic E-state index is 0.0620. The fourth-order valence-corrected chi connectivity index (χ4v) is 0.686. The molecule has 0 saturated carbocycles. The first-order valence-electron chi connectivity index (χ1n) is 3.72. The molecule has 0 saturated heterocycles. The van der Waals surface area contributed by atoms with Gasteiger partial charge in [0.2, 0.25) is 0 Å². The Morgan fingerprint density at radius 3 is 2.50 bits per heavy atom. The quantitative estimate of drug-likeness (QED) is 0.477. The first kappa shape index (κ1) is 9.88. The molecule has 0 aromatic heterocycles. The minimum Gasteiger partial charge on any atom is -0.392 e. The van der Waals surface area contributed by atoms with E-state index >= 15 is 0 Å². The van der Waals surface area contributed by atoms with Gasteiger partial charge in [-0.2, -0.15) is 0 Å². The van der Waals surface area contributed by atoms with Crippen molar-refractivity contribution in [2.24, 2.45) is 5.92 Å². The van der Waals surface area contributed by atoms with E-state index in [-0.39, 0.29) is 12.8 Å². The van der Waals surface area contributed by atoms with Gasteiger partial charge in [-0.1, -0.05) is 20.3 Å². The SMILES string of the molecule is CCC(C)C(O)CNCO. The first-order valence-corrected chi connectivity index (χ1v) is 3.72. The van der Waals surface area contributed by atoms with E-state index in [1.165, 1.54) is 0 Å². The number of rotatable bonds is 5. The van der Waals surface area contributed by atoms with E-state index in [0.717, 1.165) is 6.42 Å². The average molecular weight is 147 g/mol. The van der Waals surface area contributed by atoms with Gasteiger partial charge in [0, 0.05) is 6.54 Å². The number of hydrogen-bond donors (Lipinski definition) is 3. The summed E-state index contributed by atoms with van der Waals surface area (Å²) < 4.78 is 0. The molecule has 0 amide bonds. The minimum atomic E-state index is -0.336. The Morgan fingerprint density at radius 1 is 1.50 bits per heavy atom. The number of aliphatic hydroxyl groups is 2. The zero-order chi connectivity index (χ0) is 7.98. The second-order valence-corrected chi connectivity index (χ2v) is 2.57. The molecule has 0 aliphatic heterocycles. The molecule has 0 aliphatic carbocycles. The molecular formula is C7H17NO2. The summed E-state index contributed by atoms with van der Waals surface area (Å²) in [6.45, 7) is 4.44. The molecule has 2 atom stereocenters. The Labute approximate surface area is 62.1 Å². The zero-order valence-corrected chi connectivity index (χ0v) is 6.67. The maximum Gasteiger partial charge on any atom is 0.0932 e. The van der Waals surface area contributed by atoms with Gasteiger partial charge in [-0.15, -0.1) is 0 Å². The maximum atomic E-state index is 9.28.